The lowest BCUT2D eigenvalue weighted by molar-refractivity contribution is 0.205. The first-order valence-electron chi connectivity index (χ1n) is 8.67. The third-order valence-corrected chi connectivity index (χ3v) is 7.76. The maximum absolute atomic E-state index is 14.3. The average Bonchev–Trinajstić information content (AvgIpc) is 3.04. The molecule has 0 N–H and O–H groups in total. The number of aryl methyl sites for hydroxylation is 1. The second kappa shape index (κ2) is 6.90. The van der Waals surface area contributed by atoms with Gasteiger partial charge in [-0.05, 0) is 36.8 Å². The Morgan fingerprint density at radius 1 is 1.11 bits per heavy atom. The lowest BCUT2D eigenvalue weighted by Crippen LogP contribution is -2.37. The number of hydrogen-bond acceptors (Lipinski definition) is 3. The summed E-state index contributed by atoms with van der Waals surface area (Å²) >= 11 is 12.3. The van der Waals surface area contributed by atoms with Gasteiger partial charge < -0.3 is 4.90 Å². The first kappa shape index (κ1) is 19.5. The summed E-state index contributed by atoms with van der Waals surface area (Å²) in [6.45, 7) is 1.74. The molecule has 2 aliphatic heterocycles. The van der Waals surface area contributed by atoms with Gasteiger partial charge in [-0.15, -0.1) is 0 Å². The van der Waals surface area contributed by atoms with E-state index in [0.717, 1.165) is 5.56 Å². The molecule has 0 unspecified atom stereocenters. The van der Waals surface area contributed by atoms with Crippen molar-refractivity contribution in [3.8, 4) is 0 Å². The Labute approximate surface area is 172 Å². The predicted molar refractivity (Wildman–Crippen MR) is 107 cm³/mol. The highest BCUT2D eigenvalue weighted by molar-refractivity contribution is 7.91. The van der Waals surface area contributed by atoms with E-state index in [-0.39, 0.29) is 34.7 Å². The van der Waals surface area contributed by atoms with Crippen LogP contribution in [0.1, 0.15) is 11.1 Å². The van der Waals surface area contributed by atoms with Crippen molar-refractivity contribution in [1.29, 1.82) is 0 Å². The molecule has 4 rings (SSSR count). The van der Waals surface area contributed by atoms with Gasteiger partial charge in [-0.1, -0.05) is 35.3 Å². The van der Waals surface area contributed by atoms with Crippen LogP contribution in [0.15, 0.2) is 36.4 Å². The van der Waals surface area contributed by atoms with Crippen molar-refractivity contribution < 1.29 is 17.6 Å². The van der Waals surface area contributed by atoms with Crippen molar-refractivity contribution in [2.24, 2.45) is 0 Å². The Morgan fingerprint density at radius 2 is 1.82 bits per heavy atom. The minimum Gasteiger partial charge on any atom is -0.314 e. The van der Waals surface area contributed by atoms with Crippen LogP contribution in [0.2, 0.25) is 10.0 Å². The molecule has 2 amide bonds. The molecule has 0 bridgehead atoms. The zero-order valence-electron chi connectivity index (χ0n) is 14.9. The molecule has 0 aliphatic carbocycles. The largest absolute Gasteiger partial charge is 0.325 e. The summed E-state index contributed by atoms with van der Waals surface area (Å²) in [4.78, 5) is 16.1. The number of nitrogens with zero attached hydrogens (tertiary/aromatic N) is 2. The highest BCUT2D eigenvalue weighted by Gasteiger charge is 2.54. The zero-order valence-corrected chi connectivity index (χ0v) is 17.2. The van der Waals surface area contributed by atoms with Crippen LogP contribution in [0.25, 0.3) is 0 Å². The number of hydrogen-bond donors (Lipinski definition) is 0. The summed E-state index contributed by atoms with van der Waals surface area (Å²) in [5.41, 5.74) is 1.54. The zero-order chi connectivity index (χ0) is 20.2. The van der Waals surface area contributed by atoms with Crippen molar-refractivity contribution >= 4 is 44.8 Å². The number of rotatable bonds is 3. The number of benzene rings is 2. The number of fused-ring (bicyclic) bond motifs is 1. The summed E-state index contributed by atoms with van der Waals surface area (Å²) < 4.78 is 38.9. The molecule has 28 heavy (non-hydrogen) atoms. The van der Waals surface area contributed by atoms with Gasteiger partial charge in [-0.3, -0.25) is 4.90 Å². The summed E-state index contributed by atoms with van der Waals surface area (Å²) in [6, 6.07) is 7.94. The van der Waals surface area contributed by atoms with Crippen LogP contribution in [0.4, 0.5) is 14.9 Å². The SMILES string of the molecule is Cc1ccc(N2C(=O)N(Cc3c(F)cccc3Cl)[C@@H]3CS(=O)(=O)C[C@H]32)cc1Cl. The Bertz CT molecular complexity index is 1060. The van der Waals surface area contributed by atoms with Gasteiger partial charge in [0.1, 0.15) is 5.82 Å². The van der Waals surface area contributed by atoms with E-state index in [2.05, 4.69) is 0 Å². The Kier molecular flexibility index (Phi) is 4.80. The van der Waals surface area contributed by atoms with Gasteiger partial charge in [0, 0.05) is 21.3 Å². The van der Waals surface area contributed by atoms with Crippen molar-refractivity contribution in [3.63, 3.8) is 0 Å². The third kappa shape index (κ3) is 3.25. The van der Waals surface area contributed by atoms with Gasteiger partial charge in [0.15, 0.2) is 9.84 Å². The van der Waals surface area contributed by atoms with E-state index in [1.165, 1.54) is 21.9 Å². The monoisotopic (exact) mass is 442 g/mol. The van der Waals surface area contributed by atoms with Crippen LogP contribution in [0.3, 0.4) is 0 Å². The molecule has 2 aromatic carbocycles. The summed E-state index contributed by atoms with van der Waals surface area (Å²) in [7, 11) is -3.33. The molecule has 2 heterocycles. The molecule has 0 radical (unpaired) electrons. The van der Waals surface area contributed by atoms with Crippen LogP contribution in [0, 0.1) is 12.7 Å². The molecule has 2 aromatic rings. The van der Waals surface area contributed by atoms with Crippen LogP contribution in [-0.2, 0) is 16.4 Å². The number of anilines is 1. The average molecular weight is 443 g/mol. The Hall–Kier alpha value is -1.83. The maximum Gasteiger partial charge on any atom is 0.325 e. The van der Waals surface area contributed by atoms with Gasteiger partial charge >= 0.3 is 6.03 Å². The van der Waals surface area contributed by atoms with Crippen molar-refractivity contribution in [1.82, 2.24) is 4.90 Å². The smallest absolute Gasteiger partial charge is 0.314 e. The molecule has 0 spiro atoms. The van der Waals surface area contributed by atoms with Gasteiger partial charge in [0.25, 0.3) is 0 Å². The molecule has 5 nitrogen and oxygen atoms in total. The Morgan fingerprint density at radius 3 is 2.50 bits per heavy atom. The normalized spacial score (nSPS) is 23.4. The molecule has 2 atom stereocenters. The fourth-order valence-corrected chi connectivity index (χ4v) is 6.20. The standard InChI is InChI=1S/C19H17Cl2FN2O3S/c1-11-5-6-12(7-15(11)21)24-18-10-28(26,27)9-17(18)23(19(24)25)8-13-14(20)3-2-4-16(13)22/h2-7,17-18H,8-10H2,1H3/t17-,18-/m1/s1. The van der Waals surface area contributed by atoms with Crippen LogP contribution in [0.5, 0.6) is 0 Å². The molecule has 2 saturated heterocycles. The van der Waals surface area contributed by atoms with Crippen LogP contribution in [-0.4, -0.2) is 42.9 Å². The van der Waals surface area contributed by atoms with Gasteiger partial charge in [0.2, 0.25) is 0 Å². The molecular formula is C19H17Cl2FN2O3S. The van der Waals surface area contributed by atoms with Crippen LogP contribution >= 0.6 is 23.2 Å². The molecule has 9 heteroatoms. The summed E-state index contributed by atoms with van der Waals surface area (Å²) in [6.07, 6.45) is 0. The molecule has 148 valence electrons. The van der Waals surface area contributed by atoms with E-state index in [1.54, 1.807) is 24.3 Å². The van der Waals surface area contributed by atoms with Gasteiger partial charge in [0.05, 0.1) is 30.1 Å². The Balaban J connectivity index is 1.75. The predicted octanol–water partition coefficient (Wildman–Crippen LogP) is 4.05. The van der Waals surface area contributed by atoms with E-state index in [1.807, 2.05) is 6.92 Å². The first-order valence-corrected chi connectivity index (χ1v) is 11.2. The number of amides is 2. The molecule has 2 fully saturated rings. The van der Waals surface area contributed by atoms with Crippen molar-refractivity contribution in [2.75, 3.05) is 16.4 Å². The number of carbonyl (C=O) groups excluding carboxylic acids is 1. The number of urea groups is 1. The first-order chi connectivity index (χ1) is 13.2. The lowest BCUT2D eigenvalue weighted by atomic mass is 10.1. The second-order valence-corrected chi connectivity index (χ2v) is 10.1. The quantitative estimate of drug-likeness (QED) is 0.673. The van der Waals surface area contributed by atoms with Crippen molar-refractivity contribution in [2.45, 2.75) is 25.6 Å². The van der Waals surface area contributed by atoms with E-state index < -0.39 is 27.7 Å². The van der Waals surface area contributed by atoms with Gasteiger partial charge in [-0.25, -0.2) is 17.6 Å². The van der Waals surface area contributed by atoms with Gasteiger partial charge in [-0.2, -0.15) is 0 Å². The highest BCUT2D eigenvalue weighted by Crippen LogP contribution is 2.38. The summed E-state index contributed by atoms with van der Waals surface area (Å²) in [5, 5.41) is 0.681. The minimum absolute atomic E-state index is 0.100. The number of carbonyl (C=O) groups is 1. The van der Waals surface area contributed by atoms with E-state index in [9.17, 15) is 17.6 Å². The fraction of sp³-hybridized carbons (Fsp3) is 0.316. The topological polar surface area (TPSA) is 57.7 Å². The molecule has 0 saturated carbocycles. The highest BCUT2D eigenvalue weighted by atomic mass is 35.5. The van der Waals surface area contributed by atoms with Crippen molar-refractivity contribution in [3.05, 3.63) is 63.4 Å². The maximum atomic E-state index is 14.3. The second-order valence-electron chi connectivity index (χ2n) is 7.13. The van der Waals surface area contributed by atoms with E-state index in [4.69, 9.17) is 23.2 Å². The van der Waals surface area contributed by atoms with Crippen LogP contribution < -0.4 is 4.90 Å². The molecule has 2 aliphatic rings. The molecular weight excluding hydrogens is 426 g/mol. The van der Waals surface area contributed by atoms with E-state index >= 15 is 0 Å². The fourth-order valence-electron chi connectivity index (χ4n) is 3.85. The third-order valence-electron chi connectivity index (χ3n) is 5.30. The number of sulfone groups is 1. The lowest BCUT2D eigenvalue weighted by Gasteiger charge is -2.23. The summed E-state index contributed by atoms with van der Waals surface area (Å²) in [5.74, 6) is -0.836. The van der Waals surface area contributed by atoms with E-state index in [0.29, 0.717) is 10.7 Å². The minimum atomic E-state index is -3.33. The molecule has 0 aromatic heterocycles. The number of halogens is 3.